The third-order valence-electron chi connectivity index (χ3n) is 3.06. The van der Waals surface area contributed by atoms with E-state index >= 15 is 0 Å². The van der Waals surface area contributed by atoms with Crippen LogP contribution in [0.3, 0.4) is 0 Å². The molecule has 0 amide bonds. The Kier molecular flexibility index (Phi) is 3.74. The lowest BCUT2D eigenvalue weighted by atomic mass is 10.1. The zero-order chi connectivity index (χ0) is 12.3. The van der Waals surface area contributed by atoms with Crippen molar-refractivity contribution in [3.8, 4) is 0 Å². The van der Waals surface area contributed by atoms with Crippen molar-refractivity contribution in [1.82, 2.24) is 0 Å². The normalized spacial score (nSPS) is 24.4. The molecule has 1 aromatic rings. The fourth-order valence-corrected chi connectivity index (χ4v) is 2.13. The van der Waals surface area contributed by atoms with Crippen molar-refractivity contribution in [3.63, 3.8) is 0 Å². The Morgan fingerprint density at radius 2 is 2.12 bits per heavy atom. The highest BCUT2D eigenvalue weighted by Crippen LogP contribution is 2.09. The molecule has 1 N–H and O–H groups in total. The van der Waals surface area contributed by atoms with Gasteiger partial charge in [-0.05, 0) is 30.7 Å². The first-order valence-corrected chi connectivity index (χ1v) is 5.93. The first-order valence-electron chi connectivity index (χ1n) is 5.93. The number of rotatable bonds is 2. The zero-order valence-corrected chi connectivity index (χ0v) is 9.91. The number of likely N-dealkylation sites (N-methyl/N-ethyl adjacent to an activating group) is 1. The van der Waals surface area contributed by atoms with Gasteiger partial charge >= 0.3 is 5.97 Å². The number of benzene rings is 1. The maximum atomic E-state index is 12.7. The molecule has 0 bridgehead atoms. The summed E-state index contributed by atoms with van der Waals surface area (Å²) in [5.41, 5.74) is 0.412. The topological polar surface area (TPSA) is 30.7 Å². The van der Waals surface area contributed by atoms with E-state index in [1.165, 1.54) is 29.2 Å². The van der Waals surface area contributed by atoms with Crippen molar-refractivity contribution < 1.29 is 18.8 Å². The Labute approximate surface area is 100 Å². The first-order chi connectivity index (χ1) is 8.15. The highest BCUT2D eigenvalue weighted by molar-refractivity contribution is 5.89. The Bertz CT molecular complexity index is 391. The summed E-state index contributed by atoms with van der Waals surface area (Å²) >= 11 is 0. The number of carbonyl (C=O) groups is 1. The van der Waals surface area contributed by atoms with Crippen molar-refractivity contribution in [3.05, 3.63) is 35.6 Å². The molecular weight excluding hydrogens is 221 g/mol. The van der Waals surface area contributed by atoms with E-state index in [1.54, 1.807) is 0 Å². The SMILES string of the molecule is C[NH+]1CCCC(OC(=O)c2ccc(F)cc2)C1. The van der Waals surface area contributed by atoms with Gasteiger partial charge in [0, 0.05) is 6.42 Å². The fourth-order valence-electron chi connectivity index (χ4n) is 2.13. The molecule has 0 aliphatic carbocycles. The molecule has 1 saturated heterocycles. The second kappa shape index (κ2) is 5.27. The number of quaternary nitrogens is 1. The van der Waals surface area contributed by atoms with Gasteiger partial charge in [0.2, 0.25) is 0 Å². The third kappa shape index (κ3) is 3.27. The highest BCUT2D eigenvalue weighted by atomic mass is 19.1. The summed E-state index contributed by atoms with van der Waals surface area (Å²) in [5, 5.41) is 0. The van der Waals surface area contributed by atoms with Crippen LogP contribution in [0.4, 0.5) is 4.39 Å². The zero-order valence-electron chi connectivity index (χ0n) is 9.91. The van der Waals surface area contributed by atoms with Gasteiger partial charge in [0.15, 0.2) is 6.10 Å². The van der Waals surface area contributed by atoms with E-state index in [0.29, 0.717) is 5.56 Å². The largest absolute Gasteiger partial charge is 0.453 e. The van der Waals surface area contributed by atoms with Gasteiger partial charge in [-0.2, -0.15) is 0 Å². The minimum Gasteiger partial charge on any atom is -0.453 e. The molecule has 2 unspecified atom stereocenters. The molecule has 0 radical (unpaired) electrons. The molecule has 0 saturated carbocycles. The highest BCUT2D eigenvalue weighted by Gasteiger charge is 2.24. The van der Waals surface area contributed by atoms with Gasteiger partial charge in [0.05, 0.1) is 19.2 Å². The van der Waals surface area contributed by atoms with Crippen LogP contribution in [0.2, 0.25) is 0 Å². The number of piperidine rings is 1. The lowest BCUT2D eigenvalue weighted by Crippen LogP contribution is -3.11. The predicted octanol–water partition coefficient (Wildman–Crippen LogP) is 0.660. The number of hydrogen-bond donors (Lipinski definition) is 1. The van der Waals surface area contributed by atoms with Crippen LogP contribution >= 0.6 is 0 Å². The molecule has 3 nitrogen and oxygen atoms in total. The molecule has 0 spiro atoms. The molecule has 1 aliphatic heterocycles. The Balaban J connectivity index is 1.94. The van der Waals surface area contributed by atoms with Crippen LogP contribution < -0.4 is 4.90 Å². The van der Waals surface area contributed by atoms with E-state index in [0.717, 1.165) is 25.9 Å². The van der Waals surface area contributed by atoms with E-state index in [2.05, 4.69) is 7.05 Å². The van der Waals surface area contributed by atoms with Gasteiger partial charge in [-0.15, -0.1) is 0 Å². The first kappa shape index (κ1) is 12.0. The summed E-state index contributed by atoms with van der Waals surface area (Å²) < 4.78 is 18.1. The third-order valence-corrected chi connectivity index (χ3v) is 3.06. The standard InChI is InChI=1S/C13H16FNO2/c1-15-8-2-3-12(9-15)17-13(16)10-4-6-11(14)7-5-10/h4-7,12H,2-3,8-9H2,1H3/p+1. The molecule has 17 heavy (non-hydrogen) atoms. The van der Waals surface area contributed by atoms with E-state index in [9.17, 15) is 9.18 Å². The quantitative estimate of drug-likeness (QED) is 0.767. The minimum absolute atomic E-state index is 0.0127. The van der Waals surface area contributed by atoms with Gasteiger partial charge in [0.25, 0.3) is 0 Å². The molecular formula is C13H17FNO2+. The van der Waals surface area contributed by atoms with Gasteiger partial charge in [0.1, 0.15) is 12.4 Å². The summed E-state index contributed by atoms with van der Waals surface area (Å²) in [5.74, 6) is -0.701. The number of halogens is 1. The number of nitrogens with one attached hydrogen (secondary N) is 1. The van der Waals surface area contributed by atoms with Gasteiger partial charge in [-0.25, -0.2) is 9.18 Å². The minimum atomic E-state index is -0.357. The Morgan fingerprint density at radius 3 is 2.76 bits per heavy atom. The molecule has 1 heterocycles. The summed E-state index contributed by atoms with van der Waals surface area (Å²) in [7, 11) is 2.10. The van der Waals surface area contributed by atoms with E-state index in [1.807, 2.05) is 0 Å². The van der Waals surface area contributed by atoms with Gasteiger partial charge in [-0.3, -0.25) is 0 Å². The van der Waals surface area contributed by atoms with Crippen LogP contribution in [0.25, 0.3) is 0 Å². The lowest BCUT2D eigenvalue weighted by Gasteiger charge is -2.26. The molecule has 0 aromatic heterocycles. The van der Waals surface area contributed by atoms with Crippen LogP contribution in [0.1, 0.15) is 23.2 Å². The predicted molar refractivity (Wildman–Crippen MR) is 61.5 cm³/mol. The number of esters is 1. The van der Waals surface area contributed by atoms with Crippen molar-refractivity contribution in [1.29, 1.82) is 0 Å². The number of hydrogen-bond acceptors (Lipinski definition) is 2. The molecule has 1 aliphatic rings. The summed E-state index contributed by atoms with van der Waals surface area (Å²) in [4.78, 5) is 13.2. The van der Waals surface area contributed by atoms with Gasteiger partial charge in [-0.1, -0.05) is 0 Å². The average molecular weight is 238 g/mol. The average Bonchev–Trinajstić information content (AvgIpc) is 2.29. The number of likely N-dealkylation sites (tertiary alicyclic amines) is 1. The monoisotopic (exact) mass is 238 g/mol. The molecule has 92 valence electrons. The van der Waals surface area contributed by atoms with Crippen LogP contribution in [0.5, 0.6) is 0 Å². The van der Waals surface area contributed by atoms with Crippen LogP contribution in [-0.4, -0.2) is 32.2 Å². The summed E-state index contributed by atoms with van der Waals surface area (Å²) in [6, 6.07) is 5.46. The number of ether oxygens (including phenoxy) is 1. The second-order valence-electron chi connectivity index (χ2n) is 4.59. The van der Waals surface area contributed by atoms with E-state index in [-0.39, 0.29) is 17.9 Å². The van der Waals surface area contributed by atoms with Crippen LogP contribution in [-0.2, 0) is 4.74 Å². The molecule has 4 heteroatoms. The van der Waals surface area contributed by atoms with Gasteiger partial charge < -0.3 is 9.64 Å². The Morgan fingerprint density at radius 1 is 1.41 bits per heavy atom. The maximum absolute atomic E-state index is 12.7. The number of carbonyl (C=O) groups excluding carboxylic acids is 1. The molecule has 1 aromatic carbocycles. The van der Waals surface area contributed by atoms with Crippen molar-refractivity contribution in [2.75, 3.05) is 20.1 Å². The molecule has 2 rings (SSSR count). The van der Waals surface area contributed by atoms with E-state index in [4.69, 9.17) is 4.74 Å². The fraction of sp³-hybridized carbons (Fsp3) is 0.462. The summed E-state index contributed by atoms with van der Waals surface area (Å²) in [6.07, 6.45) is 1.98. The molecule has 2 atom stereocenters. The van der Waals surface area contributed by atoms with Crippen LogP contribution in [0.15, 0.2) is 24.3 Å². The van der Waals surface area contributed by atoms with E-state index < -0.39 is 0 Å². The smallest absolute Gasteiger partial charge is 0.338 e. The van der Waals surface area contributed by atoms with Crippen LogP contribution in [0, 0.1) is 5.82 Å². The second-order valence-corrected chi connectivity index (χ2v) is 4.59. The molecule has 1 fully saturated rings. The maximum Gasteiger partial charge on any atom is 0.338 e. The Hall–Kier alpha value is -1.42. The summed E-state index contributed by atoms with van der Waals surface area (Å²) in [6.45, 7) is 1.98. The van der Waals surface area contributed by atoms with Crippen molar-refractivity contribution >= 4 is 5.97 Å². The van der Waals surface area contributed by atoms with Crippen molar-refractivity contribution in [2.45, 2.75) is 18.9 Å². The lowest BCUT2D eigenvalue weighted by molar-refractivity contribution is -0.888. The van der Waals surface area contributed by atoms with Crippen molar-refractivity contribution in [2.24, 2.45) is 0 Å².